The number of aromatic amines is 1. The van der Waals surface area contributed by atoms with Crippen LogP contribution < -0.4 is 0 Å². The minimum absolute atomic E-state index is 0.642. The highest BCUT2D eigenvalue weighted by atomic mass is 15.2. The average Bonchev–Trinajstić information content (AvgIpc) is 3.15. The van der Waals surface area contributed by atoms with E-state index in [-0.39, 0.29) is 0 Å². The molecule has 2 fully saturated rings. The van der Waals surface area contributed by atoms with Crippen molar-refractivity contribution >= 4 is 21.9 Å². The first kappa shape index (κ1) is 17.7. The van der Waals surface area contributed by atoms with E-state index in [1.54, 1.807) is 0 Å². The Morgan fingerprint density at radius 1 is 1.13 bits per heavy atom. The predicted molar refractivity (Wildman–Crippen MR) is 119 cm³/mol. The lowest BCUT2D eigenvalue weighted by Gasteiger charge is -2.24. The third-order valence-electron chi connectivity index (χ3n) is 6.85. The highest BCUT2D eigenvalue weighted by Crippen LogP contribution is 2.34. The minimum atomic E-state index is 0.642. The summed E-state index contributed by atoms with van der Waals surface area (Å²) in [6.07, 6.45) is 10.7. The molecule has 6 rings (SSSR count). The van der Waals surface area contributed by atoms with Crippen molar-refractivity contribution in [1.82, 2.24) is 19.4 Å². The molecule has 1 aliphatic heterocycles. The van der Waals surface area contributed by atoms with E-state index in [9.17, 15) is 0 Å². The van der Waals surface area contributed by atoms with E-state index in [1.165, 1.54) is 55.2 Å². The molecule has 0 spiro atoms. The molecule has 30 heavy (non-hydrogen) atoms. The van der Waals surface area contributed by atoms with Crippen LogP contribution in [0.1, 0.15) is 36.8 Å². The fourth-order valence-electron chi connectivity index (χ4n) is 5.03. The minimum Gasteiger partial charge on any atom is -0.361 e. The summed E-state index contributed by atoms with van der Waals surface area (Å²) in [5.41, 5.74) is 6.23. The van der Waals surface area contributed by atoms with E-state index >= 15 is 0 Å². The van der Waals surface area contributed by atoms with E-state index in [1.807, 2.05) is 24.5 Å². The summed E-state index contributed by atoms with van der Waals surface area (Å²) in [6, 6.07) is 15.1. The number of H-pyrrole nitrogens is 1. The van der Waals surface area contributed by atoms with Crippen LogP contribution in [0.2, 0.25) is 0 Å². The Morgan fingerprint density at radius 2 is 2.07 bits per heavy atom. The van der Waals surface area contributed by atoms with Gasteiger partial charge in [-0.25, -0.2) is 4.98 Å². The van der Waals surface area contributed by atoms with Gasteiger partial charge >= 0.3 is 0 Å². The van der Waals surface area contributed by atoms with Gasteiger partial charge in [-0.3, -0.25) is 9.47 Å². The number of hydrogen-bond acceptors (Lipinski definition) is 3. The first-order valence-electron chi connectivity index (χ1n) is 11.0. The maximum Gasteiger partial charge on any atom is 0.100 e. The summed E-state index contributed by atoms with van der Waals surface area (Å²) in [6.45, 7) is 2.56. The van der Waals surface area contributed by atoms with Gasteiger partial charge in [-0.2, -0.15) is 5.26 Å². The summed E-state index contributed by atoms with van der Waals surface area (Å²) >= 11 is 0. The number of nitrogens with zero attached hydrogens (tertiary/aromatic N) is 4. The van der Waals surface area contributed by atoms with Crippen LogP contribution in [0.3, 0.4) is 0 Å². The lowest BCUT2D eigenvalue weighted by Crippen LogP contribution is -2.32. The number of fused-ring (bicyclic) bond motifs is 2. The highest BCUT2D eigenvalue weighted by molar-refractivity contribution is 5.86. The first-order chi connectivity index (χ1) is 14.8. The SMILES string of the molecule is N#Cc1ccc2c(c1)ncn2-c1ccc2[nH]cc(CC3CCCN3CC3CC3)c2c1. The maximum atomic E-state index is 9.14. The van der Waals surface area contributed by atoms with Crippen molar-refractivity contribution < 1.29 is 0 Å². The Morgan fingerprint density at radius 3 is 2.93 bits per heavy atom. The molecule has 0 radical (unpaired) electrons. The van der Waals surface area contributed by atoms with Crippen LogP contribution >= 0.6 is 0 Å². The molecule has 1 saturated heterocycles. The molecule has 150 valence electrons. The van der Waals surface area contributed by atoms with Crippen LogP contribution in [0.25, 0.3) is 27.6 Å². The first-order valence-corrected chi connectivity index (χ1v) is 11.0. The largest absolute Gasteiger partial charge is 0.361 e. The molecule has 1 saturated carbocycles. The standard InChI is InChI=1S/C25H25N5/c26-13-18-5-8-25-24(10-18)28-16-30(25)21-6-7-23-22(12-21)19(14-27-23)11-20-2-1-9-29(20)15-17-3-4-17/h5-8,10,12,14,16-17,20,27H,1-4,9,11,15H2. The Bertz CT molecular complexity index is 1270. The molecule has 2 aromatic heterocycles. The summed E-state index contributed by atoms with van der Waals surface area (Å²) in [4.78, 5) is 10.7. The molecule has 1 atom stereocenters. The quantitative estimate of drug-likeness (QED) is 0.528. The van der Waals surface area contributed by atoms with Crippen molar-refractivity contribution in [3.05, 3.63) is 60.0 Å². The Balaban J connectivity index is 1.34. The van der Waals surface area contributed by atoms with Crippen molar-refractivity contribution in [2.75, 3.05) is 13.1 Å². The smallest absolute Gasteiger partial charge is 0.100 e. The van der Waals surface area contributed by atoms with Gasteiger partial charge in [0.1, 0.15) is 6.33 Å². The van der Waals surface area contributed by atoms with Crippen molar-refractivity contribution in [3.63, 3.8) is 0 Å². The fourth-order valence-corrected chi connectivity index (χ4v) is 5.03. The van der Waals surface area contributed by atoms with E-state index < -0.39 is 0 Å². The number of likely N-dealkylation sites (tertiary alicyclic amines) is 1. The second-order valence-electron chi connectivity index (χ2n) is 8.91. The maximum absolute atomic E-state index is 9.14. The van der Waals surface area contributed by atoms with Crippen molar-refractivity contribution in [2.45, 2.75) is 38.1 Å². The number of nitrogens with one attached hydrogen (secondary N) is 1. The second-order valence-corrected chi connectivity index (χ2v) is 8.91. The molecule has 4 aromatic rings. The number of hydrogen-bond donors (Lipinski definition) is 1. The number of benzene rings is 2. The van der Waals surface area contributed by atoms with Gasteiger partial charge in [0.25, 0.3) is 0 Å². The number of imidazole rings is 1. The van der Waals surface area contributed by atoms with Crippen LogP contribution in [-0.4, -0.2) is 38.6 Å². The molecule has 1 aliphatic carbocycles. The lowest BCUT2D eigenvalue weighted by molar-refractivity contribution is 0.243. The zero-order chi connectivity index (χ0) is 20.1. The van der Waals surface area contributed by atoms with E-state index in [0.29, 0.717) is 11.6 Å². The van der Waals surface area contributed by atoms with Crippen molar-refractivity contribution in [3.8, 4) is 11.8 Å². The summed E-state index contributed by atoms with van der Waals surface area (Å²) in [5.74, 6) is 0.955. The predicted octanol–water partition coefficient (Wildman–Crippen LogP) is 4.80. The summed E-state index contributed by atoms with van der Waals surface area (Å²) in [7, 11) is 0. The molecule has 3 heterocycles. The van der Waals surface area contributed by atoms with Gasteiger partial charge in [-0.15, -0.1) is 0 Å². The summed E-state index contributed by atoms with van der Waals surface area (Å²) < 4.78 is 2.11. The third kappa shape index (κ3) is 3.09. The van der Waals surface area contributed by atoms with Crippen LogP contribution in [0.4, 0.5) is 0 Å². The van der Waals surface area contributed by atoms with E-state index in [0.717, 1.165) is 29.1 Å². The van der Waals surface area contributed by atoms with Crippen molar-refractivity contribution in [1.29, 1.82) is 5.26 Å². The molecule has 2 aliphatic rings. The molecular formula is C25H25N5. The monoisotopic (exact) mass is 395 g/mol. The highest BCUT2D eigenvalue weighted by Gasteiger charge is 2.31. The van der Waals surface area contributed by atoms with Crippen molar-refractivity contribution in [2.24, 2.45) is 5.92 Å². The summed E-state index contributed by atoms with van der Waals surface area (Å²) in [5, 5.41) is 10.4. The molecule has 5 heteroatoms. The normalized spacial score (nSPS) is 19.6. The zero-order valence-electron chi connectivity index (χ0n) is 17.0. The second kappa shape index (κ2) is 7.00. The lowest BCUT2D eigenvalue weighted by atomic mass is 10.0. The number of aromatic nitrogens is 3. The van der Waals surface area contributed by atoms with Gasteiger partial charge in [0, 0.05) is 35.4 Å². The number of rotatable bonds is 5. The number of nitriles is 1. The molecule has 0 amide bonds. The zero-order valence-corrected chi connectivity index (χ0v) is 17.0. The average molecular weight is 396 g/mol. The Labute approximate surface area is 175 Å². The van der Waals surface area contributed by atoms with Gasteiger partial charge in [0.2, 0.25) is 0 Å². The van der Waals surface area contributed by atoms with Crippen LogP contribution in [-0.2, 0) is 6.42 Å². The van der Waals surface area contributed by atoms with E-state index in [2.05, 4.69) is 49.9 Å². The fraction of sp³-hybridized carbons (Fsp3) is 0.360. The van der Waals surface area contributed by atoms with Gasteiger partial charge in [0.05, 0.1) is 22.7 Å². The molecule has 1 N–H and O–H groups in total. The van der Waals surface area contributed by atoms with Crippen LogP contribution in [0, 0.1) is 17.2 Å². The Hall–Kier alpha value is -3.10. The van der Waals surface area contributed by atoms with Gasteiger partial charge < -0.3 is 4.98 Å². The van der Waals surface area contributed by atoms with E-state index in [4.69, 9.17) is 5.26 Å². The van der Waals surface area contributed by atoms with Gasteiger partial charge in [-0.1, -0.05) is 0 Å². The van der Waals surface area contributed by atoms with Gasteiger partial charge in [-0.05, 0) is 86.5 Å². The van der Waals surface area contributed by atoms with Crippen LogP contribution in [0.15, 0.2) is 48.9 Å². The molecular weight excluding hydrogens is 370 g/mol. The van der Waals surface area contributed by atoms with Crippen LogP contribution in [0.5, 0.6) is 0 Å². The molecule has 1 unspecified atom stereocenters. The molecule has 2 aromatic carbocycles. The molecule has 0 bridgehead atoms. The Kier molecular flexibility index (Phi) is 4.14. The molecule has 5 nitrogen and oxygen atoms in total. The topological polar surface area (TPSA) is 60.6 Å². The third-order valence-corrected chi connectivity index (χ3v) is 6.85. The van der Waals surface area contributed by atoms with Gasteiger partial charge in [0.15, 0.2) is 0 Å².